The highest BCUT2D eigenvalue weighted by atomic mass is 16.5. The van der Waals surface area contributed by atoms with Gasteiger partial charge in [-0.25, -0.2) is 4.79 Å². The van der Waals surface area contributed by atoms with Crippen molar-refractivity contribution in [2.24, 2.45) is 0 Å². The maximum Gasteiger partial charge on any atom is 0.407 e. The summed E-state index contributed by atoms with van der Waals surface area (Å²) in [7, 11) is 0. The molecule has 0 saturated heterocycles. The van der Waals surface area contributed by atoms with Gasteiger partial charge in [-0.1, -0.05) is 30.3 Å². The Hall–Kier alpha value is -2.63. The van der Waals surface area contributed by atoms with E-state index < -0.39 is 17.2 Å². The molecule has 0 spiro atoms. The van der Waals surface area contributed by atoms with Gasteiger partial charge in [-0.2, -0.15) is 0 Å². The quantitative estimate of drug-likeness (QED) is 0.805. The van der Waals surface area contributed by atoms with Crippen LogP contribution in [0.5, 0.6) is 0 Å². The largest absolute Gasteiger partial charge is 0.445 e. The Morgan fingerprint density at radius 1 is 1.04 bits per heavy atom. The van der Waals surface area contributed by atoms with Gasteiger partial charge in [0.05, 0.1) is 0 Å². The van der Waals surface area contributed by atoms with Gasteiger partial charge in [-0.3, -0.25) is 14.5 Å². The first-order valence-electron chi connectivity index (χ1n) is 8.16. The fourth-order valence-electron chi connectivity index (χ4n) is 3.24. The van der Waals surface area contributed by atoms with E-state index in [1.54, 1.807) is 13.8 Å². The molecule has 6 nitrogen and oxygen atoms in total. The number of ether oxygens (including phenoxy) is 1. The number of carbonyl (C=O) groups is 3. The normalized spacial score (nSPS) is 14.8. The molecule has 6 heteroatoms. The molecule has 0 unspecified atom stereocenters. The third kappa shape index (κ3) is 4.92. The van der Waals surface area contributed by atoms with Crippen molar-refractivity contribution in [2.45, 2.75) is 51.8 Å². The van der Waals surface area contributed by atoms with E-state index in [2.05, 4.69) is 5.32 Å². The van der Waals surface area contributed by atoms with E-state index in [0.717, 1.165) is 5.56 Å². The molecule has 1 heterocycles. The molecule has 134 valence electrons. The van der Waals surface area contributed by atoms with E-state index in [1.165, 1.54) is 17.1 Å². The Balaban J connectivity index is 1.93. The summed E-state index contributed by atoms with van der Waals surface area (Å²) in [4.78, 5) is 37.1. The highest BCUT2D eigenvalue weighted by molar-refractivity contribution is 6.13. The fourth-order valence-corrected chi connectivity index (χ4v) is 3.24. The Morgan fingerprint density at radius 3 is 2.16 bits per heavy atom. The fraction of sp³-hybridized carbons (Fsp3) is 0.421. The number of hydrogen-bond acceptors (Lipinski definition) is 4. The monoisotopic (exact) mass is 344 g/mol. The first-order valence-corrected chi connectivity index (χ1v) is 8.16. The maximum absolute atomic E-state index is 12.1. The Kier molecular flexibility index (Phi) is 5.30. The topological polar surface area (TPSA) is 75.7 Å². The van der Waals surface area contributed by atoms with Gasteiger partial charge in [-0.05, 0) is 39.7 Å². The zero-order chi connectivity index (χ0) is 18.7. The predicted molar refractivity (Wildman–Crippen MR) is 93.5 cm³/mol. The molecule has 0 atom stereocenters. The first-order chi connectivity index (χ1) is 11.6. The van der Waals surface area contributed by atoms with Gasteiger partial charge in [0.2, 0.25) is 0 Å². The average Bonchev–Trinajstić information content (AvgIpc) is 2.84. The number of hydrogen-bond donors (Lipinski definition) is 1. The highest BCUT2D eigenvalue weighted by Gasteiger charge is 2.41. The van der Waals surface area contributed by atoms with Gasteiger partial charge in [0.1, 0.15) is 6.61 Å². The molecule has 0 aromatic heterocycles. The number of imide groups is 1. The Morgan fingerprint density at radius 2 is 1.60 bits per heavy atom. The molecule has 0 fully saturated rings. The summed E-state index contributed by atoms with van der Waals surface area (Å²) in [5.74, 6) is -0.671. The lowest BCUT2D eigenvalue weighted by Crippen LogP contribution is -2.55. The lowest BCUT2D eigenvalue weighted by atomic mass is 9.85. The molecule has 0 bridgehead atoms. The number of nitrogens with zero attached hydrogens (tertiary/aromatic N) is 1. The molecule has 1 aromatic carbocycles. The van der Waals surface area contributed by atoms with E-state index in [4.69, 9.17) is 4.74 Å². The van der Waals surface area contributed by atoms with Crippen molar-refractivity contribution < 1.29 is 19.1 Å². The summed E-state index contributed by atoms with van der Waals surface area (Å²) in [5.41, 5.74) is -0.510. The minimum Gasteiger partial charge on any atom is -0.445 e. The standard InChI is InChI=1S/C19H24N2O4/c1-18(2,13-19(3,4)21-15(22)10-11-16(21)23)20-17(24)25-12-14-8-6-5-7-9-14/h5-11H,12-13H2,1-4H3,(H,20,24). The molecule has 0 saturated carbocycles. The van der Waals surface area contributed by atoms with Gasteiger partial charge in [0.15, 0.2) is 0 Å². The summed E-state index contributed by atoms with van der Waals surface area (Å²) >= 11 is 0. The number of alkyl carbamates (subject to hydrolysis) is 1. The molecule has 25 heavy (non-hydrogen) atoms. The molecular weight excluding hydrogens is 320 g/mol. The second-order valence-electron chi connectivity index (χ2n) is 7.41. The third-order valence-corrected chi connectivity index (χ3v) is 3.94. The van der Waals surface area contributed by atoms with Gasteiger partial charge in [0.25, 0.3) is 11.8 Å². The van der Waals surface area contributed by atoms with Crippen molar-refractivity contribution in [1.82, 2.24) is 10.2 Å². The number of rotatable bonds is 6. The van der Waals surface area contributed by atoms with Crippen molar-refractivity contribution in [3.8, 4) is 0 Å². The van der Waals surface area contributed by atoms with Gasteiger partial charge in [0, 0.05) is 23.2 Å². The van der Waals surface area contributed by atoms with Crippen LogP contribution >= 0.6 is 0 Å². The van der Waals surface area contributed by atoms with Crippen LogP contribution in [0.4, 0.5) is 4.79 Å². The molecule has 1 aromatic rings. The molecule has 1 aliphatic heterocycles. The van der Waals surface area contributed by atoms with E-state index in [1.807, 2.05) is 44.2 Å². The minimum absolute atomic E-state index is 0.180. The minimum atomic E-state index is -0.742. The van der Waals surface area contributed by atoms with Crippen molar-refractivity contribution in [3.05, 3.63) is 48.0 Å². The van der Waals surface area contributed by atoms with Crippen LogP contribution in [-0.2, 0) is 20.9 Å². The van der Waals surface area contributed by atoms with Crippen LogP contribution in [0.25, 0.3) is 0 Å². The summed E-state index contributed by atoms with van der Waals surface area (Å²) in [6.45, 7) is 7.44. The van der Waals surface area contributed by atoms with Crippen LogP contribution in [0.2, 0.25) is 0 Å². The van der Waals surface area contributed by atoms with Gasteiger partial charge < -0.3 is 10.1 Å². The average molecular weight is 344 g/mol. The lowest BCUT2D eigenvalue weighted by molar-refractivity contribution is -0.143. The van der Waals surface area contributed by atoms with Crippen LogP contribution in [-0.4, -0.2) is 33.9 Å². The van der Waals surface area contributed by atoms with E-state index in [9.17, 15) is 14.4 Å². The Labute approximate surface area is 147 Å². The van der Waals surface area contributed by atoms with Crippen LogP contribution in [0.1, 0.15) is 39.7 Å². The Bertz CT molecular complexity index is 675. The van der Waals surface area contributed by atoms with E-state index >= 15 is 0 Å². The second kappa shape index (κ2) is 7.09. The first kappa shape index (κ1) is 18.7. The third-order valence-electron chi connectivity index (χ3n) is 3.94. The predicted octanol–water partition coefficient (Wildman–Crippen LogP) is 2.79. The van der Waals surface area contributed by atoms with Crippen LogP contribution in [0.3, 0.4) is 0 Å². The maximum atomic E-state index is 12.1. The van der Waals surface area contributed by atoms with Crippen molar-refractivity contribution in [3.63, 3.8) is 0 Å². The summed E-state index contributed by atoms with van der Waals surface area (Å²) < 4.78 is 5.24. The van der Waals surface area contributed by atoms with Gasteiger partial charge >= 0.3 is 6.09 Å². The number of carbonyl (C=O) groups excluding carboxylic acids is 3. The van der Waals surface area contributed by atoms with Gasteiger partial charge in [-0.15, -0.1) is 0 Å². The zero-order valence-corrected chi connectivity index (χ0v) is 15.0. The zero-order valence-electron chi connectivity index (χ0n) is 15.0. The van der Waals surface area contributed by atoms with Crippen LogP contribution in [0, 0.1) is 0 Å². The molecule has 2 rings (SSSR count). The van der Waals surface area contributed by atoms with Crippen molar-refractivity contribution in [2.75, 3.05) is 0 Å². The smallest absolute Gasteiger partial charge is 0.407 e. The molecule has 1 N–H and O–H groups in total. The number of benzene rings is 1. The second-order valence-corrected chi connectivity index (χ2v) is 7.41. The van der Waals surface area contributed by atoms with Crippen molar-refractivity contribution in [1.29, 1.82) is 0 Å². The number of amides is 3. The van der Waals surface area contributed by atoms with E-state index in [0.29, 0.717) is 6.42 Å². The van der Waals surface area contributed by atoms with Crippen LogP contribution in [0.15, 0.2) is 42.5 Å². The summed E-state index contributed by atoms with van der Waals surface area (Å²) in [6.07, 6.45) is 2.37. The van der Waals surface area contributed by atoms with E-state index in [-0.39, 0.29) is 18.4 Å². The van der Waals surface area contributed by atoms with Crippen molar-refractivity contribution >= 4 is 17.9 Å². The molecule has 3 amide bonds. The highest BCUT2D eigenvalue weighted by Crippen LogP contribution is 2.28. The van der Waals surface area contributed by atoms with Crippen LogP contribution < -0.4 is 5.32 Å². The summed E-state index contributed by atoms with van der Waals surface area (Å²) in [5, 5.41) is 2.80. The lowest BCUT2D eigenvalue weighted by Gasteiger charge is -2.40. The number of nitrogens with one attached hydrogen (secondary N) is 1. The summed E-state index contributed by atoms with van der Waals surface area (Å²) in [6, 6.07) is 9.39. The molecule has 0 aliphatic carbocycles. The molecule has 1 aliphatic rings. The molecular formula is C19H24N2O4. The SMILES string of the molecule is CC(C)(CC(C)(C)N1C(=O)C=CC1=O)NC(=O)OCc1ccccc1. The molecule has 0 radical (unpaired) electrons.